The number of hydrogen-bond acceptors (Lipinski definition) is 2. The summed E-state index contributed by atoms with van der Waals surface area (Å²) in [4.78, 5) is 12.6. The van der Waals surface area contributed by atoms with E-state index in [4.69, 9.17) is 27.9 Å². The minimum absolute atomic E-state index is 0.287. The van der Waals surface area contributed by atoms with Crippen LogP contribution >= 0.6 is 23.2 Å². The van der Waals surface area contributed by atoms with E-state index >= 15 is 0 Å². The van der Waals surface area contributed by atoms with E-state index in [1.54, 1.807) is 18.2 Å². The van der Waals surface area contributed by atoms with Gasteiger partial charge in [-0.1, -0.05) is 72.6 Å². The van der Waals surface area contributed by atoms with E-state index in [0.29, 0.717) is 27.9 Å². The van der Waals surface area contributed by atoms with Crippen molar-refractivity contribution in [2.75, 3.05) is 5.32 Å². The van der Waals surface area contributed by atoms with Gasteiger partial charge in [-0.25, -0.2) is 0 Å². The van der Waals surface area contributed by atoms with Crippen LogP contribution in [0.2, 0.25) is 10.0 Å². The molecule has 0 bridgehead atoms. The molecule has 0 saturated carbocycles. The fourth-order valence-electron chi connectivity index (χ4n) is 2.59. The van der Waals surface area contributed by atoms with Crippen LogP contribution in [0, 0.1) is 0 Å². The average molecular weight is 374 g/mol. The number of hydrogen-bond donors (Lipinski definition) is 1. The van der Waals surface area contributed by atoms with Gasteiger partial charge in [-0.2, -0.15) is 0 Å². The van der Waals surface area contributed by atoms with Gasteiger partial charge in [0.05, 0.1) is 15.7 Å². The Balaban J connectivity index is 1.83. The van der Waals surface area contributed by atoms with Gasteiger partial charge in [0.1, 0.15) is 5.75 Å². The van der Waals surface area contributed by atoms with Gasteiger partial charge >= 0.3 is 0 Å². The zero-order chi connectivity index (χ0) is 17.8. The maximum Gasteiger partial charge on any atom is 0.265 e. The highest BCUT2D eigenvalue weighted by Crippen LogP contribution is 2.31. The normalized spacial score (nSPS) is 12.0. The molecule has 0 fully saturated rings. The van der Waals surface area contributed by atoms with E-state index in [-0.39, 0.29) is 5.91 Å². The Bertz CT molecular complexity index is 886. The second-order valence-corrected chi connectivity index (χ2v) is 6.39. The van der Waals surface area contributed by atoms with Crippen molar-refractivity contribution in [2.24, 2.45) is 0 Å². The third-order valence-electron chi connectivity index (χ3n) is 3.89. The summed E-state index contributed by atoms with van der Waals surface area (Å²) in [6.45, 7) is 1.89. The summed E-state index contributed by atoms with van der Waals surface area (Å²) in [5.41, 5.74) is 0.399. The van der Waals surface area contributed by atoms with Crippen LogP contribution in [0.15, 0.2) is 60.7 Å². The molecule has 3 aromatic carbocycles. The molecule has 0 aliphatic heterocycles. The SMILES string of the molecule is CC[C@@H](Oc1cccc2ccccc12)C(=O)Nc1c(Cl)cccc1Cl. The van der Waals surface area contributed by atoms with Crippen LogP contribution in [0.5, 0.6) is 5.75 Å². The highest BCUT2D eigenvalue weighted by atomic mass is 35.5. The molecule has 1 amide bonds. The molecule has 1 N–H and O–H groups in total. The maximum atomic E-state index is 12.6. The van der Waals surface area contributed by atoms with Crippen LogP contribution in [0.3, 0.4) is 0 Å². The number of amides is 1. The van der Waals surface area contributed by atoms with Gasteiger partial charge in [-0.15, -0.1) is 0 Å². The van der Waals surface area contributed by atoms with Crippen LogP contribution in [0.25, 0.3) is 10.8 Å². The van der Waals surface area contributed by atoms with Gasteiger partial charge in [0.15, 0.2) is 6.10 Å². The smallest absolute Gasteiger partial charge is 0.265 e. The van der Waals surface area contributed by atoms with Crippen LogP contribution in [0.4, 0.5) is 5.69 Å². The number of rotatable bonds is 5. The average Bonchev–Trinajstić information content (AvgIpc) is 2.62. The summed E-state index contributed by atoms with van der Waals surface area (Å²) in [7, 11) is 0. The van der Waals surface area contributed by atoms with Crippen molar-refractivity contribution in [1.29, 1.82) is 0 Å². The molecule has 3 nitrogen and oxygen atoms in total. The summed E-state index contributed by atoms with van der Waals surface area (Å²) in [6, 6.07) is 18.7. The predicted molar refractivity (Wildman–Crippen MR) is 104 cm³/mol. The van der Waals surface area contributed by atoms with E-state index in [1.165, 1.54) is 0 Å². The topological polar surface area (TPSA) is 38.3 Å². The Kier molecular flexibility index (Phi) is 5.47. The van der Waals surface area contributed by atoms with Crippen molar-refractivity contribution in [2.45, 2.75) is 19.4 Å². The third-order valence-corrected chi connectivity index (χ3v) is 4.52. The van der Waals surface area contributed by atoms with E-state index in [2.05, 4.69) is 5.32 Å². The predicted octanol–water partition coefficient (Wildman–Crippen LogP) is 5.94. The first-order chi connectivity index (χ1) is 12.1. The van der Waals surface area contributed by atoms with Gasteiger partial charge < -0.3 is 10.1 Å². The summed E-state index contributed by atoms with van der Waals surface area (Å²) in [6.07, 6.45) is -0.143. The van der Waals surface area contributed by atoms with Crippen molar-refractivity contribution in [3.05, 3.63) is 70.7 Å². The Hall–Kier alpha value is -2.23. The monoisotopic (exact) mass is 373 g/mol. The molecule has 0 heterocycles. The molecule has 3 rings (SSSR count). The first-order valence-electron chi connectivity index (χ1n) is 7.99. The Morgan fingerprint density at radius 2 is 1.64 bits per heavy atom. The second-order valence-electron chi connectivity index (χ2n) is 5.58. The van der Waals surface area contributed by atoms with Crippen molar-refractivity contribution in [3.8, 4) is 5.75 Å². The lowest BCUT2D eigenvalue weighted by molar-refractivity contribution is -0.122. The molecular weight excluding hydrogens is 357 g/mol. The maximum absolute atomic E-state index is 12.6. The standard InChI is InChI=1S/C20H17Cl2NO2/c1-2-17(20(24)23-19-15(21)10-6-11-16(19)22)25-18-12-5-8-13-7-3-4-9-14(13)18/h3-12,17H,2H2,1H3,(H,23,24)/t17-/m1/s1. The lowest BCUT2D eigenvalue weighted by Crippen LogP contribution is -2.32. The highest BCUT2D eigenvalue weighted by Gasteiger charge is 2.21. The molecule has 0 unspecified atom stereocenters. The van der Waals surface area contributed by atoms with Gasteiger partial charge in [0, 0.05) is 5.39 Å². The zero-order valence-corrected chi connectivity index (χ0v) is 15.1. The second kappa shape index (κ2) is 7.77. The van der Waals surface area contributed by atoms with Crippen LogP contribution < -0.4 is 10.1 Å². The fourth-order valence-corrected chi connectivity index (χ4v) is 3.09. The molecule has 0 aliphatic rings. The first kappa shape index (κ1) is 17.6. The molecule has 3 aromatic rings. The van der Waals surface area contributed by atoms with E-state index < -0.39 is 6.10 Å². The summed E-state index contributed by atoms with van der Waals surface area (Å²) < 4.78 is 5.99. The highest BCUT2D eigenvalue weighted by molar-refractivity contribution is 6.39. The van der Waals surface area contributed by atoms with E-state index in [1.807, 2.05) is 49.4 Å². The number of ether oxygens (including phenoxy) is 1. The first-order valence-corrected chi connectivity index (χ1v) is 8.75. The van der Waals surface area contributed by atoms with Gasteiger partial charge in [0.2, 0.25) is 0 Å². The number of anilines is 1. The number of benzene rings is 3. The lowest BCUT2D eigenvalue weighted by Gasteiger charge is -2.19. The van der Waals surface area contributed by atoms with Gasteiger partial charge in [-0.05, 0) is 30.0 Å². The van der Waals surface area contributed by atoms with Crippen molar-refractivity contribution >= 4 is 45.6 Å². The van der Waals surface area contributed by atoms with Gasteiger partial charge in [0.25, 0.3) is 5.91 Å². The quantitative estimate of drug-likeness (QED) is 0.600. The molecule has 25 heavy (non-hydrogen) atoms. The fraction of sp³-hybridized carbons (Fsp3) is 0.150. The minimum atomic E-state index is -0.654. The molecule has 0 spiro atoms. The Morgan fingerprint density at radius 1 is 1.00 bits per heavy atom. The Morgan fingerprint density at radius 3 is 2.36 bits per heavy atom. The van der Waals surface area contributed by atoms with Crippen LogP contribution in [-0.2, 0) is 4.79 Å². The number of halogens is 2. The summed E-state index contributed by atoms with van der Waals surface area (Å²) in [5, 5.41) is 5.57. The number of fused-ring (bicyclic) bond motifs is 1. The third kappa shape index (κ3) is 3.89. The number of carbonyl (C=O) groups excluding carboxylic acids is 1. The lowest BCUT2D eigenvalue weighted by atomic mass is 10.1. The number of para-hydroxylation sites is 1. The Labute approximate surface area is 156 Å². The number of nitrogens with one attached hydrogen (secondary N) is 1. The molecule has 1 atom stereocenters. The van der Waals surface area contributed by atoms with Crippen LogP contribution in [0.1, 0.15) is 13.3 Å². The van der Waals surface area contributed by atoms with E-state index in [0.717, 1.165) is 10.8 Å². The van der Waals surface area contributed by atoms with Gasteiger partial charge in [-0.3, -0.25) is 4.79 Å². The summed E-state index contributed by atoms with van der Waals surface area (Å²) >= 11 is 12.2. The molecule has 5 heteroatoms. The van der Waals surface area contributed by atoms with E-state index in [9.17, 15) is 4.79 Å². The summed E-state index contributed by atoms with van der Waals surface area (Å²) in [5.74, 6) is 0.385. The van der Waals surface area contributed by atoms with Crippen LogP contribution in [-0.4, -0.2) is 12.0 Å². The van der Waals surface area contributed by atoms with Crippen molar-refractivity contribution in [3.63, 3.8) is 0 Å². The number of carbonyl (C=O) groups is 1. The molecular formula is C20H17Cl2NO2. The van der Waals surface area contributed by atoms with Crippen molar-refractivity contribution < 1.29 is 9.53 Å². The molecule has 0 aliphatic carbocycles. The molecule has 0 radical (unpaired) electrons. The minimum Gasteiger partial charge on any atom is -0.480 e. The molecule has 0 aromatic heterocycles. The molecule has 0 saturated heterocycles. The largest absolute Gasteiger partial charge is 0.480 e. The van der Waals surface area contributed by atoms with Crippen molar-refractivity contribution in [1.82, 2.24) is 0 Å². The molecule has 128 valence electrons. The zero-order valence-electron chi connectivity index (χ0n) is 13.6.